The van der Waals surface area contributed by atoms with Gasteiger partial charge in [-0.05, 0) is 55.4 Å². The highest BCUT2D eigenvalue weighted by atomic mass is 35.5. The fourth-order valence-electron chi connectivity index (χ4n) is 3.92. The van der Waals surface area contributed by atoms with Gasteiger partial charge in [-0.15, -0.1) is 3.82 Å². The number of unbranched alkanes of at least 4 members (excludes halogenated alkanes) is 1. The largest absolute Gasteiger partial charge is 0.367 e. The Labute approximate surface area is 186 Å². The van der Waals surface area contributed by atoms with E-state index in [0.29, 0.717) is 6.42 Å². The Bertz CT molecular complexity index is 1170. The number of imidazole rings is 1. The molecule has 1 aliphatic rings. The Kier molecular flexibility index (Phi) is 6.66. The van der Waals surface area contributed by atoms with Crippen molar-refractivity contribution in [3.05, 3.63) is 59.0 Å². The first-order chi connectivity index (χ1) is 14.9. The summed E-state index contributed by atoms with van der Waals surface area (Å²) in [5.74, 6) is 0. The predicted octanol–water partition coefficient (Wildman–Crippen LogP) is 2.60. The molecule has 1 fully saturated rings. The number of nitrogens with one attached hydrogen (secondary N) is 2. The maximum absolute atomic E-state index is 12.4. The summed E-state index contributed by atoms with van der Waals surface area (Å²) >= 11 is 6.06. The number of para-hydroxylation sites is 1. The number of anilines is 1. The van der Waals surface area contributed by atoms with Crippen LogP contribution in [0.15, 0.2) is 58.2 Å². The van der Waals surface area contributed by atoms with Crippen molar-refractivity contribution in [3.63, 3.8) is 0 Å². The molecule has 0 unspecified atom stereocenters. The van der Waals surface area contributed by atoms with Crippen molar-refractivity contribution in [1.29, 1.82) is 0 Å². The lowest BCUT2D eigenvalue weighted by Gasteiger charge is -2.36. The molecule has 0 saturated carbocycles. The van der Waals surface area contributed by atoms with Crippen molar-refractivity contribution >= 4 is 38.5 Å². The van der Waals surface area contributed by atoms with Gasteiger partial charge in [0.2, 0.25) is 0 Å². The quantitative estimate of drug-likeness (QED) is 0.395. The number of nitrogens with zero attached hydrogens (tertiary/aromatic N) is 3. The maximum Gasteiger partial charge on any atom is 0.323 e. The third-order valence-corrected chi connectivity index (χ3v) is 7.89. The molecule has 0 aliphatic carbocycles. The second kappa shape index (κ2) is 9.44. The van der Waals surface area contributed by atoms with E-state index >= 15 is 0 Å². The van der Waals surface area contributed by atoms with Crippen LogP contribution in [0.25, 0.3) is 11.0 Å². The fraction of sp³-hybridized carbons (Fsp3) is 0.381. The minimum atomic E-state index is -3.65. The molecule has 1 saturated heterocycles. The third kappa shape index (κ3) is 4.95. The molecule has 0 spiro atoms. The van der Waals surface area contributed by atoms with Crippen LogP contribution in [0.3, 0.4) is 0 Å². The van der Waals surface area contributed by atoms with Crippen molar-refractivity contribution in [1.82, 2.24) is 18.7 Å². The molecule has 2 aromatic carbocycles. The highest BCUT2D eigenvalue weighted by Crippen LogP contribution is 2.24. The minimum absolute atomic E-state index is 0.191. The van der Waals surface area contributed by atoms with Gasteiger partial charge < -0.3 is 14.9 Å². The van der Waals surface area contributed by atoms with Crippen LogP contribution in [0.1, 0.15) is 12.8 Å². The first kappa shape index (κ1) is 21.9. The number of fused-ring (bicyclic) bond motifs is 1. The molecule has 0 bridgehead atoms. The molecular weight excluding hydrogens is 438 g/mol. The third-order valence-electron chi connectivity index (χ3n) is 5.60. The molecule has 0 atom stereocenters. The lowest BCUT2D eigenvalue weighted by Crippen LogP contribution is -2.46. The van der Waals surface area contributed by atoms with Crippen LogP contribution in [0.5, 0.6) is 0 Å². The zero-order valence-electron chi connectivity index (χ0n) is 17.1. The van der Waals surface area contributed by atoms with Gasteiger partial charge in [-0.2, -0.15) is 0 Å². The van der Waals surface area contributed by atoms with E-state index in [-0.39, 0.29) is 17.1 Å². The first-order valence-electron chi connectivity index (χ1n) is 10.4. The van der Waals surface area contributed by atoms with Gasteiger partial charge in [-0.1, -0.05) is 24.3 Å². The lowest BCUT2D eigenvalue weighted by atomic mass is 10.2. The van der Waals surface area contributed by atoms with Crippen molar-refractivity contribution < 1.29 is 8.42 Å². The molecule has 4 rings (SSSR count). The number of H-pyrrole nitrogens is 2. The van der Waals surface area contributed by atoms with Crippen molar-refractivity contribution in [2.45, 2.75) is 17.7 Å². The molecule has 1 aliphatic heterocycles. The molecule has 0 amide bonds. The van der Waals surface area contributed by atoms with Crippen LogP contribution in [0, 0.1) is 0 Å². The Balaban J connectivity index is 1.23. The van der Waals surface area contributed by atoms with Crippen LogP contribution in [-0.2, 0) is 10.0 Å². The number of rotatable bonds is 8. The van der Waals surface area contributed by atoms with Crippen molar-refractivity contribution in [2.75, 3.05) is 44.2 Å². The average Bonchev–Trinajstić information content (AvgIpc) is 3.18. The summed E-state index contributed by atoms with van der Waals surface area (Å²) in [5, 5.41) is 0. The maximum atomic E-state index is 12.4. The zero-order valence-corrected chi connectivity index (χ0v) is 18.7. The predicted molar refractivity (Wildman–Crippen MR) is 123 cm³/mol. The van der Waals surface area contributed by atoms with E-state index in [1.54, 1.807) is 30.3 Å². The van der Waals surface area contributed by atoms with Gasteiger partial charge in [-0.25, -0.2) is 13.2 Å². The highest BCUT2D eigenvalue weighted by molar-refractivity contribution is 7.90. The fourth-order valence-corrected chi connectivity index (χ4v) is 5.38. The van der Waals surface area contributed by atoms with Gasteiger partial charge in [0.1, 0.15) is 0 Å². The number of sulfonamides is 1. The molecule has 0 radical (unpaired) electrons. The summed E-state index contributed by atoms with van der Waals surface area (Å²) in [6.45, 7) is 4.75. The zero-order chi connectivity index (χ0) is 21.8. The van der Waals surface area contributed by atoms with Crippen LogP contribution in [-0.4, -0.2) is 66.4 Å². The van der Waals surface area contributed by atoms with Gasteiger partial charge >= 0.3 is 5.69 Å². The summed E-state index contributed by atoms with van der Waals surface area (Å²) in [7, 11) is -3.65. The van der Waals surface area contributed by atoms with Gasteiger partial charge in [0.05, 0.1) is 21.6 Å². The summed E-state index contributed by atoms with van der Waals surface area (Å²) < 4.78 is 25.8. The highest BCUT2D eigenvalue weighted by Gasteiger charge is 2.23. The van der Waals surface area contributed by atoms with E-state index in [1.165, 1.54) is 0 Å². The monoisotopic (exact) mass is 463 g/mol. The van der Waals surface area contributed by atoms with E-state index in [2.05, 4.69) is 19.8 Å². The van der Waals surface area contributed by atoms with Gasteiger partial charge in [0.25, 0.3) is 10.0 Å². The average molecular weight is 464 g/mol. The topological polar surface area (TPSA) is 92.5 Å². The number of hydrogen-bond donors (Lipinski definition) is 2. The van der Waals surface area contributed by atoms with Crippen molar-refractivity contribution in [3.8, 4) is 0 Å². The van der Waals surface area contributed by atoms with Crippen LogP contribution < -0.4 is 10.6 Å². The van der Waals surface area contributed by atoms with Crippen LogP contribution >= 0.6 is 11.8 Å². The minimum Gasteiger partial charge on any atom is -0.367 e. The van der Waals surface area contributed by atoms with Crippen molar-refractivity contribution in [2.24, 2.45) is 0 Å². The molecule has 8 nitrogen and oxygen atoms in total. The standard InChI is InChI=1S/C21H26ClN5O3S/c22-27(31(29,30)17-7-2-1-3-8-17)12-5-4-11-25-13-15-26(16-14-25)19-10-6-9-18-20(19)24-21(28)23-18/h1-3,6-10H,4-5,11-16H2,(H2,23,24,28). The molecule has 31 heavy (non-hydrogen) atoms. The smallest absolute Gasteiger partial charge is 0.323 e. The second-order valence-corrected chi connectivity index (χ2v) is 10.1. The van der Waals surface area contributed by atoms with E-state index < -0.39 is 10.0 Å². The van der Waals surface area contributed by atoms with Gasteiger partial charge in [0, 0.05) is 32.7 Å². The van der Waals surface area contributed by atoms with E-state index in [9.17, 15) is 13.2 Å². The van der Waals surface area contributed by atoms with Gasteiger partial charge in [0.15, 0.2) is 0 Å². The molecule has 10 heteroatoms. The van der Waals surface area contributed by atoms with Crippen LogP contribution in [0.2, 0.25) is 0 Å². The normalized spacial score (nSPS) is 15.7. The molecular formula is C21H26ClN5O3S. The Morgan fingerprint density at radius 1 is 0.935 bits per heavy atom. The van der Waals surface area contributed by atoms with Crippen LogP contribution in [0.4, 0.5) is 5.69 Å². The summed E-state index contributed by atoms with van der Waals surface area (Å²) in [6.07, 6.45) is 1.56. The summed E-state index contributed by atoms with van der Waals surface area (Å²) in [6, 6.07) is 14.1. The molecule has 2 heterocycles. The number of halogens is 1. The number of aromatic amines is 2. The Hall–Kier alpha value is -2.33. The lowest BCUT2D eigenvalue weighted by molar-refractivity contribution is 0.252. The molecule has 1 aromatic heterocycles. The summed E-state index contributed by atoms with van der Waals surface area (Å²) in [4.78, 5) is 22.2. The number of aromatic nitrogens is 2. The first-order valence-corrected chi connectivity index (χ1v) is 12.1. The van der Waals surface area contributed by atoms with E-state index in [4.69, 9.17) is 11.8 Å². The Morgan fingerprint density at radius 3 is 2.42 bits per heavy atom. The molecule has 166 valence electrons. The number of piperazine rings is 1. The number of hydrogen-bond acceptors (Lipinski definition) is 5. The van der Waals surface area contributed by atoms with E-state index in [0.717, 1.165) is 59.7 Å². The SMILES string of the molecule is O=c1[nH]c2cccc(N3CCN(CCCCN(Cl)S(=O)(=O)c4ccccc4)CC3)c2[nH]1. The molecule has 3 aromatic rings. The summed E-state index contributed by atoms with van der Waals surface area (Å²) in [5.41, 5.74) is 2.52. The number of benzene rings is 2. The van der Waals surface area contributed by atoms with E-state index in [1.807, 2.05) is 18.2 Å². The van der Waals surface area contributed by atoms with Gasteiger partial charge in [-0.3, -0.25) is 4.90 Å². The second-order valence-electron chi connectivity index (χ2n) is 7.64. The Morgan fingerprint density at radius 2 is 1.68 bits per heavy atom. The molecule has 2 N–H and O–H groups in total.